The van der Waals surface area contributed by atoms with Crippen molar-refractivity contribution in [2.45, 2.75) is 45.2 Å². The van der Waals surface area contributed by atoms with Crippen LogP contribution >= 0.6 is 0 Å². The number of aliphatic carboxylic acids is 1. The van der Waals surface area contributed by atoms with Crippen LogP contribution < -0.4 is 11.1 Å². The van der Waals surface area contributed by atoms with E-state index in [1.54, 1.807) is 26.0 Å². The summed E-state index contributed by atoms with van der Waals surface area (Å²) in [5.74, 6) is -1.90. The number of aryl methyl sites for hydroxylation is 1. The minimum atomic E-state index is -1.08. The number of hydrogen-bond acceptors (Lipinski definition) is 3. The van der Waals surface area contributed by atoms with E-state index in [0.717, 1.165) is 5.56 Å². The monoisotopic (exact) mass is 310 g/mol. The minimum absolute atomic E-state index is 0.0614. The molecule has 5 nitrogen and oxygen atoms in total. The second-order valence-corrected chi connectivity index (χ2v) is 5.69. The summed E-state index contributed by atoms with van der Waals surface area (Å²) < 4.78 is 12.8. The molecule has 6 heteroatoms. The molecule has 0 aromatic heterocycles. The Morgan fingerprint density at radius 2 is 1.86 bits per heavy atom. The van der Waals surface area contributed by atoms with E-state index < -0.39 is 24.0 Å². The Morgan fingerprint density at radius 1 is 1.27 bits per heavy atom. The molecular formula is C16H23FN2O3. The number of benzene rings is 1. The van der Waals surface area contributed by atoms with Gasteiger partial charge >= 0.3 is 5.97 Å². The summed E-state index contributed by atoms with van der Waals surface area (Å²) in [6.45, 7) is 3.60. The molecule has 2 atom stereocenters. The van der Waals surface area contributed by atoms with Gasteiger partial charge in [0.1, 0.15) is 11.9 Å². The standard InChI is InChI=1S/C16H23FN2O3/c1-10(2)14(18)15(20)19-13(16(21)22)5-3-4-11-6-8-12(17)9-7-11/h6-10,13-14H,3-5,18H2,1-2H3,(H,19,20)(H,21,22). The fraction of sp³-hybridized carbons (Fsp3) is 0.500. The van der Waals surface area contributed by atoms with Crippen molar-refractivity contribution < 1.29 is 19.1 Å². The number of nitrogens with one attached hydrogen (secondary N) is 1. The van der Waals surface area contributed by atoms with Gasteiger partial charge in [0.2, 0.25) is 5.91 Å². The van der Waals surface area contributed by atoms with Gasteiger partial charge in [-0.25, -0.2) is 9.18 Å². The maximum absolute atomic E-state index is 12.8. The fourth-order valence-electron chi connectivity index (χ4n) is 1.99. The molecule has 0 aliphatic heterocycles. The van der Waals surface area contributed by atoms with E-state index in [1.807, 2.05) is 0 Å². The Bertz CT molecular complexity index is 503. The van der Waals surface area contributed by atoms with Crippen molar-refractivity contribution in [3.8, 4) is 0 Å². The highest BCUT2D eigenvalue weighted by atomic mass is 19.1. The van der Waals surface area contributed by atoms with Gasteiger partial charge in [-0.15, -0.1) is 0 Å². The predicted octanol–water partition coefficient (Wildman–Crippen LogP) is 1.70. The van der Waals surface area contributed by atoms with Crippen LogP contribution in [0.25, 0.3) is 0 Å². The van der Waals surface area contributed by atoms with E-state index in [1.165, 1.54) is 12.1 Å². The quantitative estimate of drug-likeness (QED) is 0.681. The zero-order valence-electron chi connectivity index (χ0n) is 12.9. The number of nitrogens with two attached hydrogens (primary N) is 1. The van der Waals surface area contributed by atoms with Crippen molar-refractivity contribution in [2.75, 3.05) is 0 Å². The van der Waals surface area contributed by atoms with Crippen LogP contribution in [0.1, 0.15) is 32.3 Å². The number of rotatable bonds is 8. The molecule has 1 amide bonds. The Kier molecular flexibility index (Phi) is 6.98. The minimum Gasteiger partial charge on any atom is -0.480 e. The second kappa shape index (κ2) is 8.48. The van der Waals surface area contributed by atoms with Gasteiger partial charge in [-0.05, 0) is 42.9 Å². The highest BCUT2D eigenvalue weighted by Gasteiger charge is 2.24. The molecular weight excluding hydrogens is 287 g/mol. The molecule has 0 aliphatic carbocycles. The first-order chi connectivity index (χ1) is 10.3. The third-order valence-corrected chi connectivity index (χ3v) is 3.51. The first kappa shape index (κ1) is 18.1. The van der Waals surface area contributed by atoms with E-state index >= 15 is 0 Å². The lowest BCUT2D eigenvalue weighted by molar-refractivity contribution is -0.142. The number of carboxylic acids is 1. The molecule has 0 fully saturated rings. The van der Waals surface area contributed by atoms with Crippen LogP contribution in [0.2, 0.25) is 0 Å². The Hall–Kier alpha value is -1.95. The van der Waals surface area contributed by atoms with Gasteiger partial charge in [-0.3, -0.25) is 4.79 Å². The molecule has 0 saturated heterocycles. The van der Waals surface area contributed by atoms with Crippen molar-refractivity contribution in [2.24, 2.45) is 11.7 Å². The third kappa shape index (κ3) is 5.81. The van der Waals surface area contributed by atoms with Crippen LogP contribution in [0.4, 0.5) is 4.39 Å². The fourth-order valence-corrected chi connectivity index (χ4v) is 1.99. The SMILES string of the molecule is CC(C)C(N)C(=O)NC(CCCc1ccc(F)cc1)C(=O)O. The predicted molar refractivity (Wildman–Crippen MR) is 81.7 cm³/mol. The number of halogens is 1. The lowest BCUT2D eigenvalue weighted by atomic mass is 10.0. The largest absolute Gasteiger partial charge is 0.480 e. The van der Waals surface area contributed by atoms with Crippen LogP contribution in [-0.2, 0) is 16.0 Å². The van der Waals surface area contributed by atoms with Gasteiger partial charge in [-0.1, -0.05) is 26.0 Å². The number of carbonyl (C=O) groups is 2. The van der Waals surface area contributed by atoms with Crippen LogP contribution in [0, 0.1) is 11.7 Å². The van der Waals surface area contributed by atoms with Crippen LogP contribution in [-0.4, -0.2) is 29.1 Å². The summed E-state index contributed by atoms with van der Waals surface area (Å²) in [4.78, 5) is 23.0. The molecule has 1 aromatic rings. The molecule has 2 unspecified atom stereocenters. The Balaban J connectivity index is 2.49. The maximum atomic E-state index is 12.8. The summed E-state index contributed by atoms with van der Waals surface area (Å²) in [6.07, 6.45) is 1.49. The summed E-state index contributed by atoms with van der Waals surface area (Å²) in [7, 11) is 0. The number of hydrogen-bond donors (Lipinski definition) is 3. The second-order valence-electron chi connectivity index (χ2n) is 5.69. The van der Waals surface area contributed by atoms with E-state index in [-0.39, 0.29) is 11.7 Å². The zero-order valence-corrected chi connectivity index (χ0v) is 12.9. The third-order valence-electron chi connectivity index (χ3n) is 3.51. The molecule has 4 N–H and O–H groups in total. The molecule has 0 aliphatic rings. The van der Waals surface area contributed by atoms with Crippen LogP contribution in [0.3, 0.4) is 0 Å². The Morgan fingerprint density at radius 3 is 2.36 bits per heavy atom. The molecule has 0 heterocycles. The van der Waals surface area contributed by atoms with Gasteiger partial charge < -0.3 is 16.2 Å². The average molecular weight is 310 g/mol. The molecule has 0 radical (unpaired) electrons. The maximum Gasteiger partial charge on any atom is 0.326 e. The van der Waals surface area contributed by atoms with E-state index in [9.17, 15) is 19.1 Å². The van der Waals surface area contributed by atoms with E-state index in [4.69, 9.17) is 5.73 Å². The molecule has 1 rings (SSSR count). The van der Waals surface area contributed by atoms with Crippen LogP contribution in [0.15, 0.2) is 24.3 Å². The van der Waals surface area contributed by atoms with Crippen molar-refractivity contribution in [3.63, 3.8) is 0 Å². The van der Waals surface area contributed by atoms with Gasteiger partial charge in [0.05, 0.1) is 6.04 Å². The number of amides is 1. The van der Waals surface area contributed by atoms with Crippen LogP contribution in [0.5, 0.6) is 0 Å². The van der Waals surface area contributed by atoms with E-state index in [2.05, 4.69) is 5.32 Å². The first-order valence-electron chi connectivity index (χ1n) is 7.34. The summed E-state index contributed by atoms with van der Waals surface area (Å²) in [5, 5.41) is 11.6. The van der Waals surface area contributed by atoms with Crippen molar-refractivity contribution >= 4 is 11.9 Å². The molecule has 1 aromatic carbocycles. The van der Waals surface area contributed by atoms with E-state index in [0.29, 0.717) is 19.3 Å². The number of carboxylic acid groups (broad SMARTS) is 1. The molecule has 0 bridgehead atoms. The van der Waals surface area contributed by atoms with Gasteiger partial charge in [-0.2, -0.15) is 0 Å². The van der Waals surface area contributed by atoms with Gasteiger partial charge in [0, 0.05) is 0 Å². The summed E-state index contributed by atoms with van der Waals surface area (Å²) >= 11 is 0. The van der Waals surface area contributed by atoms with Crippen molar-refractivity contribution in [3.05, 3.63) is 35.6 Å². The topological polar surface area (TPSA) is 92.4 Å². The van der Waals surface area contributed by atoms with Crippen molar-refractivity contribution in [1.82, 2.24) is 5.32 Å². The Labute approximate surface area is 129 Å². The average Bonchev–Trinajstić information content (AvgIpc) is 2.46. The smallest absolute Gasteiger partial charge is 0.326 e. The summed E-state index contributed by atoms with van der Waals surface area (Å²) in [5.41, 5.74) is 6.63. The highest BCUT2D eigenvalue weighted by Crippen LogP contribution is 2.09. The lowest BCUT2D eigenvalue weighted by Crippen LogP contribution is -2.50. The normalized spacial score (nSPS) is 13.7. The zero-order chi connectivity index (χ0) is 16.7. The highest BCUT2D eigenvalue weighted by molar-refractivity contribution is 5.86. The molecule has 0 spiro atoms. The number of carbonyl (C=O) groups excluding carboxylic acids is 1. The molecule has 22 heavy (non-hydrogen) atoms. The summed E-state index contributed by atoms with van der Waals surface area (Å²) in [6, 6.07) is 4.38. The van der Waals surface area contributed by atoms with Gasteiger partial charge in [0.25, 0.3) is 0 Å². The lowest BCUT2D eigenvalue weighted by Gasteiger charge is -2.19. The van der Waals surface area contributed by atoms with Crippen molar-refractivity contribution in [1.29, 1.82) is 0 Å². The molecule has 122 valence electrons. The first-order valence-corrected chi connectivity index (χ1v) is 7.34. The van der Waals surface area contributed by atoms with Gasteiger partial charge in [0.15, 0.2) is 0 Å². The molecule has 0 saturated carbocycles.